The Bertz CT molecular complexity index is 617. The summed E-state index contributed by atoms with van der Waals surface area (Å²) in [6.45, 7) is 6.16. The van der Waals surface area contributed by atoms with Crippen molar-refractivity contribution in [3.05, 3.63) is 23.3 Å². The minimum Gasteiger partial charge on any atom is -0.481 e. The average molecular weight is 318 g/mol. The molecule has 2 fully saturated rings. The van der Waals surface area contributed by atoms with E-state index in [-0.39, 0.29) is 22.7 Å². The summed E-state index contributed by atoms with van der Waals surface area (Å²) >= 11 is 0. The van der Waals surface area contributed by atoms with E-state index in [1.807, 2.05) is 0 Å². The summed E-state index contributed by atoms with van der Waals surface area (Å²) in [5.74, 6) is -0.571. The van der Waals surface area contributed by atoms with Gasteiger partial charge in [0.1, 0.15) is 0 Å². The van der Waals surface area contributed by atoms with Crippen LogP contribution in [0.25, 0.3) is 0 Å². The Labute approximate surface area is 137 Å². The van der Waals surface area contributed by atoms with Crippen LogP contribution < -0.4 is 0 Å². The van der Waals surface area contributed by atoms with Gasteiger partial charge in [-0.1, -0.05) is 24.6 Å². The Hall–Kier alpha value is -1.58. The number of allylic oxidation sites excluding steroid dienone is 3. The summed E-state index contributed by atoms with van der Waals surface area (Å²) in [5.41, 5.74) is 1.66. The molecule has 3 aliphatic carbocycles. The maximum Gasteiger partial charge on any atom is 0.333 e. The van der Waals surface area contributed by atoms with Crippen LogP contribution >= 0.6 is 0 Å². The molecule has 2 unspecified atom stereocenters. The predicted molar refractivity (Wildman–Crippen MR) is 86.6 cm³/mol. The van der Waals surface area contributed by atoms with Gasteiger partial charge in [-0.05, 0) is 62.2 Å². The number of hydrogen-bond acceptors (Lipinski definition) is 3. The summed E-state index contributed by atoms with van der Waals surface area (Å²) in [6, 6.07) is 0. The van der Waals surface area contributed by atoms with Gasteiger partial charge >= 0.3 is 11.9 Å². The molecule has 0 aromatic rings. The number of methoxy groups -OCH3 is 1. The second-order valence-electron chi connectivity index (χ2n) is 7.85. The third kappa shape index (κ3) is 2.10. The van der Waals surface area contributed by atoms with E-state index in [9.17, 15) is 14.7 Å². The molecule has 3 aliphatic rings. The minimum atomic E-state index is -0.655. The first-order valence-corrected chi connectivity index (χ1v) is 8.43. The topological polar surface area (TPSA) is 63.6 Å². The molecule has 1 spiro atoms. The largest absolute Gasteiger partial charge is 0.481 e. The number of carbonyl (C=O) groups excluding carboxylic acids is 1. The van der Waals surface area contributed by atoms with Gasteiger partial charge in [-0.3, -0.25) is 4.79 Å². The van der Waals surface area contributed by atoms with Crippen molar-refractivity contribution in [1.29, 1.82) is 0 Å². The maximum atomic E-state index is 11.9. The van der Waals surface area contributed by atoms with Gasteiger partial charge in [-0.2, -0.15) is 0 Å². The number of aliphatic carboxylic acids is 1. The average Bonchev–Trinajstić information content (AvgIpc) is 2.96. The Morgan fingerprint density at radius 2 is 2.09 bits per heavy atom. The van der Waals surface area contributed by atoms with Crippen LogP contribution in [0.3, 0.4) is 0 Å². The van der Waals surface area contributed by atoms with Gasteiger partial charge in [0, 0.05) is 5.57 Å². The highest BCUT2D eigenvalue weighted by Gasteiger charge is 2.66. The highest BCUT2D eigenvalue weighted by Crippen LogP contribution is 2.72. The Morgan fingerprint density at radius 1 is 1.39 bits per heavy atom. The first-order chi connectivity index (χ1) is 10.8. The highest BCUT2D eigenvalue weighted by atomic mass is 16.5. The summed E-state index contributed by atoms with van der Waals surface area (Å²) in [7, 11) is 1.40. The van der Waals surface area contributed by atoms with Crippen LogP contribution in [-0.2, 0) is 14.3 Å². The van der Waals surface area contributed by atoms with E-state index in [4.69, 9.17) is 4.74 Å². The van der Waals surface area contributed by atoms with Crippen LogP contribution in [0.5, 0.6) is 0 Å². The highest BCUT2D eigenvalue weighted by molar-refractivity contribution is 5.87. The summed E-state index contributed by atoms with van der Waals surface area (Å²) in [6.07, 6.45) is 7.78. The molecule has 4 heteroatoms. The van der Waals surface area contributed by atoms with E-state index in [0.717, 1.165) is 25.7 Å². The van der Waals surface area contributed by atoms with E-state index in [2.05, 4.69) is 26.0 Å². The molecule has 1 N–H and O–H groups in total. The van der Waals surface area contributed by atoms with E-state index < -0.39 is 5.97 Å². The second-order valence-corrected chi connectivity index (χ2v) is 7.85. The molecule has 0 aromatic heterocycles. The summed E-state index contributed by atoms with van der Waals surface area (Å²) < 4.78 is 4.86. The van der Waals surface area contributed by atoms with Crippen molar-refractivity contribution in [2.24, 2.45) is 28.6 Å². The number of hydrogen-bond donors (Lipinski definition) is 1. The molecule has 0 radical (unpaired) electrons. The smallest absolute Gasteiger partial charge is 0.333 e. The van der Waals surface area contributed by atoms with Crippen molar-refractivity contribution < 1.29 is 19.4 Å². The molecule has 0 amide bonds. The number of ether oxygens (including phenoxy) is 1. The van der Waals surface area contributed by atoms with E-state index >= 15 is 0 Å². The van der Waals surface area contributed by atoms with Gasteiger partial charge in [0.25, 0.3) is 0 Å². The summed E-state index contributed by atoms with van der Waals surface area (Å²) in [5, 5.41) is 9.70. The molecule has 0 heterocycles. The van der Waals surface area contributed by atoms with Gasteiger partial charge < -0.3 is 9.84 Å². The maximum absolute atomic E-state index is 11.9. The van der Waals surface area contributed by atoms with Crippen molar-refractivity contribution in [1.82, 2.24) is 0 Å². The molecular weight excluding hydrogens is 292 g/mol. The van der Waals surface area contributed by atoms with Crippen LogP contribution in [0.1, 0.15) is 46.5 Å². The Balaban J connectivity index is 2.08. The predicted octanol–water partition coefficient (Wildman–Crippen LogP) is 3.58. The van der Waals surface area contributed by atoms with Crippen LogP contribution in [0.4, 0.5) is 0 Å². The minimum absolute atomic E-state index is 0.141. The number of fused-ring (bicyclic) bond motifs is 1. The first kappa shape index (κ1) is 16.3. The molecular formula is C19H26O4. The van der Waals surface area contributed by atoms with Crippen LogP contribution in [0.2, 0.25) is 0 Å². The summed E-state index contributed by atoms with van der Waals surface area (Å²) in [4.78, 5) is 23.7. The fourth-order valence-corrected chi connectivity index (χ4v) is 5.98. The van der Waals surface area contributed by atoms with Crippen LogP contribution in [0, 0.1) is 28.6 Å². The van der Waals surface area contributed by atoms with Crippen molar-refractivity contribution in [3.8, 4) is 0 Å². The van der Waals surface area contributed by atoms with Crippen molar-refractivity contribution in [3.63, 3.8) is 0 Å². The molecule has 0 aliphatic heterocycles. The molecule has 2 saturated carbocycles. The lowest BCUT2D eigenvalue weighted by atomic mass is 9.67. The van der Waals surface area contributed by atoms with Crippen LogP contribution in [0.15, 0.2) is 23.3 Å². The Kier molecular flexibility index (Phi) is 3.69. The van der Waals surface area contributed by atoms with Gasteiger partial charge in [-0.15, -0.1) is 0 Å². The zero-order valence-electron chi connectivity index (χ0n) is 14.4. The first-order valence-electron chi connectivity index (χ1n) is 8.43. The zero-order valence-corrected chi connectivity index (χ0v) is 14.4. The van der Waals surface area contributed by atoms with Crippen molar-refractivity contribution in [2.45, 2.75) is 46.5 Å². The lowest BCUT2D eigenvalue weighted by Gasteiger charge is -2.36. The van der Waals surface area contributed by atoms with E-state index in [1.165, 1.54) is 12.7 Å². The van der Waals surface area contributed by atoms with Crippen molar-refractivity contribution in [2.75, 3.05) is 7.11 Å². The van der Waals surface area contributed by atoms with Gasteiger partial charge in [0.15, 0.2) is 0 Å². The van der Waals surface area contributed by atoms with E-state index in [1.54, 1.807) is 6.92 Å². The molecule has 5 atom stereocenters. The molecule has 23 heavy (non-hydrogen) atoms. The van der Waals surface area contributed by atoms with Crippen molar-refractivity contribution >= 4 is 11.9 Å². The van der Waals surface area contributed by atoms with E-state index in [0.29, 0.717) is 17.4 Å². The number of esters is 1. The SMILES string of the molecule is COC(=O)/C(C)=C/[C@]1(C)C2CC[C@H](C(=O)O)C23CC=C(C)[C@H]1C3. The second kappa shape index (κ2) is 5.22. The molecule has 0 saturated heterocycles. The number of carbonyl (C=O) groups is 2. The van der Waals surface area contributed by atoms with Gasteiger partial charge in [0.2, 0.25) is 0 Å². The standard InChI is InChI=1S/C19H26O4/c1-11-7-8-19-10-14(11)18(3,9-12(2)17(22)23-4)15(19)6-5-13(19)16(20)21/h7,9,13-15H,5-6,8,10H2,1-4H3,(H,20,21)/b12-9+/t13-,14-,15?,18+,19?/m1/s1. The fraction of sp³-hybridized carbons (Fsp3) is 0.684. The molecule has 4 nitrogen and oxygen atoms in total. The quantitative estimate of drug-likeness (QED) is 0.491. The normalized spacial score (nSPS) is 42.2. The number of carboxylic acids is 1. The lowest BCUT2D eigenvalue weighted by molar-refractivity contribution is -0.146. The lowest BCUT2D eigenvalue weighted by Crippen LogP contribution is -2.35. The number of rotatable bonds is 3. The monoisotopic (exact) mass is 318 g/mol. The zero-order chi connectivity index (χ0) is 17.0. The number of carboxylic acid groups (broad SMARTS) is 1. The Morgan fingerprint density at radius 3 is 2.70 bits per heavy atom. The third-order valence-electron chi connectivity index (χ3n) is 6.90. The molecule has 0 aromatic carbocycles. The van der Waals surface area contributed by atoms with Gasteiger partial charge in [-0.25, -0.2) is 4.79 Å². The van der Waals surface area contributed by atoms with Crippen LogP contribution in [-0.4, -0.2) is 24.2 Å². The third-order valence-corrected chi connectivity index (χ3v) is 6.90. The fourth-order valence-electron chi connectivity index (χ4n) is 5.98. The molecule has 2 bridgehead atoms. The molecule has 126 valence electrons. The molecule has 3 rings (SSSR count). The van der Waals surface area contributed by atoms with Gasteiger partial charge in [0.05, 0.1) is 13.0 Å².